The van der Waals surface area contributed by atoms with E-state index in [1.807, 2.05) is 6.07 Å². The van der Waals surface area contributed by atoms with Gasteiger partial charge in [0, 0.05) is 18.1 Å². The minimum Gasteiger partial charge on any atom is -0.356 e. The van der Waals surface area contributed by atoms with Crippen molar-refractivity contribution in [3.05, 3.63) is 41.2 Å². The molecule has 4 nitrogen and oxygen atoms in total. The molecule has 8 heteroatoms. The predicted molar refractivity (Wildman–Crippen MR) is 63.4 cm³/mol. The summed E-state index contributed by atoms with van der Waals surface area (Å²) in [6, 6.07) is 8.76. The summed E-state index contributed by atoms with van der Waals surface area (Å²) in [5.41, 5.74) is 1.27. The highest BCUT2D eigenvalue weighted by molar-refractivity contribution is 7.09. The van der Waals surface area contributed by atoms with E-state index in [2.05, 4.69) is 14.7 Å². The normalized spacial score (nSPS) is 11.1. The van der Waals surface area contributed by atoms with Gasteiger partial charge >= 0.3 is 6.18 Å². The van der Waals surface area contributed by atoms with Crippen LogP contribution in [0.25, 0.3) is 0 Å². The van der Waals surface area contributed by atoms with Crippen molar-refractivity contribution in [3.8, 4) is 6.07 Å². The summed E-state index contributed by atoms with van der Waals surface area (Å²) in [4.78, 5) is 3.35. The minimum absolute atomic E-state index is 0.0923. The molecule has 0 saturated carbocycles. The van der Waals surface area contributed by atoms with Gasteiger partial charge < -0.3 is 5.32 Å². The number of nitrogens with zero attached hydrogens (tertiary/aromatic N) is 3. The smallest absolute Gasteiger partial charge is 0.356 e. The molecule has 1 aromatic heterocycles. The molecule has 0 unspecified atom stereocenters. The fraction of sp³-hybridized carbons (Fsp3) is 0.182. The number of hydrogen-bond donors (Lipinski definition) is 1. The zero-order valence-corrected chi connectivity index (χ0v) is 10.2. The molecular weight excluding hydrogens is 277 g/mol. The summed E-state index contributed by atoms with van der Waals surface area (Å²) in [6.45, 7) is 0.280. The number of rotatable bonds is 3. The number of benzene rings is 1. The Morgan fingerprint density at radius 2 is 2.16 bits per heavy atom. The van der Waals surface area contributed by atoms with Crippen molar-refractivity contribution in [2.75, 3.05) is 5.32 Å². The molecule has 0 spiro atoms. The van der Waals surface area contributed by atoms with Crippen LogP contribution in [-0.2, 0) is 12.7 Å². The summed E-state index contributed by atoms with van der Waals surface area (Å²) in [6.07, 6.45) is -4.53. The van der Waals surface area contributed by atoms with E-state index in [0.29, 0.717) is 17.1 Å². The fourth-order valence-corrected chi connectivity index (χ4v) is 1.92. The molecule has 19 heavy (non-hydrogen) atoms. The number of anilines is 1. The molecule has 0 aliphatic carbocycles. The summed E-state index contributed by atoms with van der Waals surface area (Å²) in [5, 5.41) is 11.6. The Labute approximate surface area is 110 Å². The second kappa shape index (κ2) is 5.24. The standard InChI is InChI=1S/C11H7F3N4S/c12-11(13,14)9-17-10(19-18-9)16-6-8-3-1-2-7(4-8)5-15/h1-4H,6H2,(H,16,17,18). The maximum atomic E-state index is 12.3. The molecule has 0 aliphatic heterocycles. The highest BCUT2D eigenvalue weighted by atomic mass is 32.1. The Hall–Kier alpha value is -2.14. The van der Waals surface area contributed by atoms with Crippen LogP contribution in [0.1, 0.15) is 17.0 Å². The van der Waals surface area contributed by atoms with Crippen LogP contribution in [0.2, 0.25) is 0 Å². The molecule has 0 saturated heterocycles. The van der Waals surface area contributed by atoms with Crippen LogP contribution >= 0.6 is 11.5 Å². The first-order chi connectivity index (χ1) is 8.99. The van der Waals surface area contributed by atoms with Crippen molar-refractivity contribution in [2.45, 2.75) is 12.7 Å². The Balaban J connectivity index is 2.03. The summed E-state index contributed by atoms with van der Waals surface area (Å²) in [5.74, 6) is -1.15. The van der Waals surface area contributed by atoms with Gasteiger partial charge in [0.1, 0.15) is 0 Å². The maximum absolute atomic E-state index is 12.3. The molecule has 1 aromatic carbocycles. The van der Waals surface area contributed by atoms with Gasteiger partial charge in [-0.25, -0.2) is 0 Å². The lowest BCUT2D eigenvalue weighted by atomic mass is 10.1. The lowest BCUT2D eigenvalue weighted by molar-refractivity contribution is -0.144. The van der Waals surface area contributed by atoms with Crippen molar-refractivity contribution in [2.24, 2.45) is 0 Å². The SMILES string of the molecule is N#Cc1cccc(CNc2nc(C(F)(F)F)ns2)c1. The topological polar surface area (TPSA) is 61.6 Å². The van der Waals surface area contributed by atoms with Crippen LogP contribution in [0.4, 0.5) is 18.3 Å². The number of alkyl halides is 3. The van der Waals surface area contributed by atoms with E-state index in [-0.39, 0.29) is 11.7 Å². The van der Waals surface area contributed by atoms with Gasteiger partial charge in [-0.1, -0.05) is 12.1 Å². The van der Waals surface area contributed by atoms with Crippen LogP contribution in [0, 0.1) is 11.3 Å². The Bertz CT molecular complexity index is 615. The van der Waals surface area contributed by atoms with Gasteiger partial charge in [0.15, 0.2) is 0 Å². The second-order valence-electron chi connectivity index (χ2n) is 3.59. The monoisotopic (exact) mass is 284 g/mol. The molecular formula is C11H7F3N4S. The van der Waals surface area contributed by atoms with Crippen LogP contribution in [0.15, 0.2) is 24.3 Å². The molecule has 0 radical (unpaired) electrons. The third-order valence-corrected chi connectivity index (χ3v) is 2.85. The van der Waals surface area contributed by atoms with Crippen molar-refractivity contribution in [3.63, 3.8) is 0 Å². The highest BCUT2D eigenvalue weighted by Gasteiger charge is 2.36. The minimum atomic E-state index is -4.53. The Morgan fingerprint density at radius 1 is 1.37 bits per heavy atom. The molecule has 0 fully saturated rings. The van der Waals surface area contributed by atoms with Crippen molar-refractivity contribution >= 4 is 16.7 Å². The van der Waals surface area contributed by atoms with E-state index in [1.54, 1.807) is 24.3 Å². The maximum Gasteiger partial charge on any atom is 0.452 e. The first-order valence-electron chi connectivity index (χ1n) is 5.13. The van der Waals surface area contributed by atoms with Crippen LogP contribution in [0.3, 0.4) is 0 Å². The van der Waals surface area contributed by atoms with Gasteiger partial charge in [-0.2, -0.15) is 27.8 Å². The Kier molecular flexibility index (Phi) is 3.66. The molecule has 1 N–H and O–H groups in total. The molecule has 2 aromatic rings. The van der Waals surface area contributed by atoms with E-state index >= 15 is 0 Å². The lowest BCUT2D eigenvalue weighted by Crippen LogP contribution is -2.07. The Morgan fingerprint density at radius 3 is 2.79 bits per heavy atom. The van der Waals surface area contributed by atoms with Crippen LogP contribution < -0.4 is 5.32 Å². The van der Waals surface area contributed by atoms with Gasteiger partial charge in [0.25, 0.3) is 0 Å². The molecule has 0 atom stereocenters. The number of aromatic nitrogens is 2. The van der Waals surface area contributed by atoms with Crippen molar-refractivity contribution in [1.82, 2.24) is 9.36 Å². The molecule has 0 aliphatic rings. The predicted octanol–water partition coefficient (Wildman–Crippen LogP) is 3.04. The van der Waals surface area contributed by atoms with E-state index in [4.69, 9.17) is 5.26 Å². The van der Waals surface area contributed by atoms with E-state index in [1.165, 1.54) is 0 Å². The average molecular weight is 284 g/mol. The lowest BCUT2D eigenvalue weighted by Gasteiger charge is -2.02. The average Bonchev–Trinajstić information content (AvgIpc) is 2.85. The quantitative estimate of drug-likeness (QED) is 0.941. The molecule has 2 rings (SSSR count). The van der Waals surface area contributed by atoms with Crippen LogP contribution in [0.5, 0.6) is 0 Å². The summed E-state index contributed by atoms with van der Waals surface area (Å²) in [7, 11) is 0. The fourth-order valence-electron chi connectivity index (χ4n) is 1.34. The molecule has 98 valence electrons. The van der Waals surface area contributed by atoms with E-state index in [9.17, 15) is 13.2 Å². The zero-order chi connectivity index (χ0) is 13.9. The zero-order valence-electron chi connectivity index (χ0n) is 9.40. The largest absolute Gasteiger partial charge is 0.452 e. The number of nitrogens with one attached hydrogen (secondary N) is 1. The van der Waals surface area contributed by atoms with Crippen molar-refractivity contribution < 1.29 is 13.2 Å². The van der Waals surface area contributed by atoms with Gasteiger partial charge in [-0.05, 0) is 17.7 Å². The van der Waals surface area contributed by atoms with Crippen molar-refractivity contribution in [1.29, 1.82) is 5.26 Å². The van der Waals surface area contributed by atoms with E-state index in [0.717, 1.165) is 5.56 Å². The first-order valence-corrected chi connectivity index (χ1v) is 5.90. The van der Waals surface area contributed by atoms with Gasteiger partial charge in [-0.15, -0.1) is 0 Å². The molecule has 0 bridgehead atoms. The molecule has 0 amide bonds. The number of nitriles is 1. The third-order valence-electron chi connectivity index (χ3n) is 2.18. The first kappa shape index (κ1) is 13.3. The number of halogens is 3. The van der Waals surface area contributed by atoms with Gasteiger partial charge in [0.2, 0.25) is 11.0 Å². The van der Waals surface area contributed by atoms with Gasteiger partial charge in [0.05, 0.1) is 11.6 Å². The van der Waals surface area contributed by atoms with E-state index < -0.39 is 12.0 Å². The number of hydrogen-bond acceptors (Lipinski definition) is 5. The van der Waals surface area contributed by atoms with Crippen LogP contribution in [-0.4, -0.2) is 9.36 Å². The summed E-state index contributed by atoms with van der Waals surface area (Å²) >= 11 is 0.648. The second-order valence-corrected chi connectivity index (χ2v) is 4.34. The molecule has 1 heterocycles. The summed E-state index contributed by atoms with van der Waals surface area (Å²) < 4.78 is 40.1. The third kappa shape index (κ3) is 3.42. The van der Waals surface area contributed by atoms with Gasteiger partial charge in [-0.3, -0.25) is 0 Å². The highest BCUT2D eigenvalue weighted by Crippen LogP contribution is 2.29.